The van der Waals surface area contributed by atoms with Crippen molar-refractivity contribution in [3.63, 3.8) is 0 Å². The van der Waals surface area contributed by atoms with Crippen molar-refractivity contribution in [3.8, 4) is 11.9 Å². The molecule has 24 heavy (non-hydrogen) atoms. The molecule has 1 fully saturated rings. The van der Waals surface area contributed by atoms with Crippen LogP contribution in [0.25, 0.3) is 10.2 Å². The minimum atomic E-state index is 0.315. The number of likely N-dealkylation sites (tertiary alicyclic amines) is 1. The highest BCUT2D eigenvalue weighted by Gasteiger charge is 2.30. The minimum absolute atomic E-state index is 0.315. The van der Waals surface area contributed by atoms with Gasteiger partial charge in [0.2, 0.25) is 5.88 Å². The summed E-state index contributed by atoms with van der Waals surface area (Å²) in [5, 5.41) is 10.2. The number of piperidine rings is 1. The first-order valence-electron chi connectivity index (χ1n) is 8.70. The predicted octanol–water partition coefficient (Wildman–Crippen LogP) is 3.36. The van der Waals surface area contributed by atoms with Crippen LogP contribution in [0.15, 0.2) is 6.33 Å². The zero-order valence-corrected chi connectivity index (χ0v) is 14.8. The molecule has 2 aromatic rings. The standard InChI is InChI=1S/C18H22N4OS/c1-22-8-5-12(6-9-22)10-23-17-16-15-13(4-7-19)2-3-14(15)24-18(16)21-11-20-17/h11-13H,2-6,8-10H2,1H3/t13-/m1/s1. The summed E-state index contributed by atoms with van der Waals surface area (Å²) in [7, 11) is 2.18. The van der Waals surface area contributed by atoms with E-state index in [4.69, 9.17) is 10.00 Å². The summed E-state index contributed by atoms with van der Waals surface area (Å²) in [6.07, 6.45) is 6.66. The molecule has 0 aromatic carbocycles. The van der Waals surface area contributed by atoms with E-state index >= 15 is 0 Å². The molecule has 126 valence electrons. The number of nitrogens with zero attached hydrogens (tertiary/aromatic N) is 4. The molecule has 4 rings (SSSR count). The SMILES string of the molecule is CN1CCC(COc2ncnc3sc4c(c23)[C@@H](CC#N)CC4)CC1. The average Bonchev–Trinajstić information content (AvgIpc) is 3.14. The average molecular weight is 342 g/mol. The van der Waals surface area contributed by atoms with Gasteiger partial charge >= 0.3 is 0 Å². The van der Waals surface area contributed by atoms with Crippen LogP contribution in [-0.2, 0) is 6.42 Å². The number of hydrogen-bond donors (Lipinski definition) is 0. The van der Waals surface area contributed by atoms with Crippen LogP contribution in [0.2, 0.25) is 0 Å². The summed E-state index contributed by atoms with van der Waals surface area (Å²) in [5.41, 5.74) is 1.29. The normalized spacial score (nSPS) is 21.8. The number of aryl methyl sites for hydroxylation is 1. The number of hydrogen-bond acceptors (Lipinski definition) is 6. The van der Waals surface area contributed by atoms with E-state index in [9.17, 15) is 0 Å². The summed E-state index contributed by atoms with van der Waals surface area (Å²) in [4.78, 5) is 13.6. The lowest BCUT2D eigenvalue weighted by atomic mass is 9.98. The molecule has 5 nitrogen and oxygen atoms in total. The van der Waals surface area contributed by atoms with Crippen LogP contribution < -0.4 is 4.74 Å². The summed E-state index contributed by atoms with van der Waals surface area (Å²) >= 11 is 1.74. The fraction of sp³-hybridized carbons (Fsp3) is 0.611. The van der Waals surface area contributed by atoms with Crippen molar-refractivity contribution >= 4 is 21.6 Å². The third-order valence-corrected chi connectivity index (χ3v) is 6.50. The van der Waals surface area contributed by atoms with E-state index in [0.29, 0.717) is 18.3 Å². The highest BCUT2D eigenvalue weighted by molar-refractivity contribution is 7.19. The molecule has 6 heteroatoms. The Bertz CT molecular complexity index is 773. The highest BCUT2D eigenvalue weighted by atomic mass is 32.1. The molecule has 0 saturated carbocycles. The molecule has 0 amide bonds. The second-order valence-corrected chi connectivity index (χ2v) is 8.04. The Labute approximate surface area is 146 Å². The first-order valence-corrected chi connectivity index (χ1v) is 9.52. The van der Waals surface area contributed by atoms with Crippen LogP contribution in [0.3, 0.4) is 0 Å². The van der Waals surface area contributed by atoms with Crippen molar-refractivity contribution in [1.82, 2.24) is 14.9 Å². The van der Waals surface area contributed by atoms with Gasteiger partial charge in [-0.3, -0.25) is 0 Å². The molecule has 1 saturated heterocycles. The van der Waals surface area contributed by atoms with Crippen LogP contribution in [0.5, 0.6) is 5.88 Å². The summed E-state index contributed by atoms with van der Waals surface area (Å²) in [5.74, 6) is 1.64. The lowest BCUT2D eigenvalue weighted by Gasteiger charge is -2.28. The monoisotopic (exact) mass is 342 g/mol. The van der Waals surface area contributed by atoms with E-state index in [2.05, 4.69) is 28.0 Å². The van der Waals surface area contributed by atoms with Gasteiger partial charge in [0, 0.05) is 11.3 Å². The predicted molar refractivity (Wildman–Crippen MR) is 94.4 cm³/mol. The van der Waals surface area contributed by atoms with Crippen molar-refractivity contribution in [2.24, 2.45) is 5.92 Å². The van der Waals surface area contributed by atoms with Gasteiger partial charge in [0.15, 0.2) is 0 Å². The molecule has 0 N–H and O–H groups in total. The Morgan fingerprint density at radius 1 is 1.33 bits per heavy atom. The molecular weight excluding hydrogens is 320 g/mol. The number of thiophene rings is 1. The molecule has 2 aliphatic rings. The lowest BCUT2D eigenvalue weighted by Crippen LogP contribution is -2.32. The summed E-state index contributed by atoms with van der Waals surface area (Å²) in [6.45, 7) is 3.02. The maximum atomic E-state index is 9.11. The molecule has 0 bridgehead atoms. The third kappa shape index (κ3) is 2.87. The first kappa shape index (κ1) is 15.8. The lowest BCUT2D eigenvalue weighted by molar-refractivity contribution is 0.158. The van der Waals surface area contributed by atoms with Gasteiger partial charge in [-0.1, -0.05) is 0 Å². The quantitative estimate of drug-likeness (QED) is 0.852. The molecule has 0 spiro atoms. The Morgan fingerprint density at radius 2 is 2.17 bits per heavy atom. The maximum absolute atomic E-state index is 9.11. The van der Waals surface area contributed by atoms with Crippen LogP contribution in [-0.4, -0.2) is 41.6 Å². The van der Waals surface area contributed by atoms with E-state index in [1.165, 1.54) is 23.3 Å². The van der Waals surface area contributed by atoms with E-state index < -0.39 is 0 Å². The Morgan fingerprint density at radius 3 is 2.96 bits per heavy atom. The number of aromatic nitrogens is 2. The number of nitriles is 1. The summed E-state index contributed by atoms with van der Waals surface area (Å²) < 4.78 is 6.16. The zero-order valence-electron chi connectivity index (χ0n) is 14.0. The van der Waals surface area contributed by atoms with Gasteiger partial charge in [-0.15, -0.1) is 11.3 Å². The van der Waals surface area contributed by atoms with Crippen LogP contribution in [0.1, 0.15) is 42.0 Å². The molecule has 1 atom stereocenters. The van der Waals surface area contributed by atoms with Crippen LogP contribution >= 0.6 is 11.3 Å². The van der Waals surface area contributed by atoms with Crippen LogP contribution in [0.4, 0.5) is 0 Å². The van der Waals surface area contributed by atoms with Gasteiger partial charge < -0.3 is 9.64 Å². The van der Waals surface area contributed by atoms with Crippen molar-refractivity contribution in [1.29, 1.82) is 5.26 Å². The van der Waals surface area contributed by atoms with Crippen molar-refractivity contribution in [2.75, 3.05) is 26.7 Å². The van der Waals surface area contributed by atoms with Crippen molar-refractivity contribution in [3.05, 3.63) is 16.8 Å². The minimum Gasteiger partial charge on any atom is -0.477 e. The van der Waals surface area contributed by atoms with E-state index in [1.807, 2.05) is 0 Å². The highest BCUT2D eigenvalue weighted by Crippen LogP contribution is 2.46. The van der Waals surface area contributed by atoms with Gasteiger partial charge in [-0.2, -0.15) is 5.26 Å². The molecule has 0 unspecified atom stereocenters. The molecule has 0 radical (unpaired) electrons. The van der Waals surface area contributed by atoms with Crippen molar-refractivity contribution in [2.45, 2.75) is 38.0 Å². The van der Waals surface area contributed by atoms with E-state index in [-0.39, 0.29) is 0 Å². The van der Waals surface area contributed by atoms with Gasteiger partial charge in [0.1, 0.15) is 11.2 Å². The molecule has 1 aliphatic heterocycles. The number of rotatable bonds is 4. The van der Waals surface area contributed by atoms with Gasteiger partial charge in [-0.05, 0) is 63.2 Å². The third-order valence-electron chi connectivity index (χ3n) is 5.33. The van der Waals surface area contributed by atoms with Crippen LogP contribution in [0, 0.1) is 17.2 Å². The van der Waals surface area contributed by atoms with E-state index in [1.54, 1.807) is 17.7 Å². The Kier molecular flexibility index (Phi) is 4.38. The Balaban J connectivity index is 1.58. The molecule has 1 aliphatic carbocycles. The second kappa shape index (κ2) is 6.66. The zero-order chi connectivity index (χ0) is 16.5. The number of ether oxygens (including phenoxy) is 1. The second-order valence-electron chi connectivity index (χ2n) is 6.95. The topological polar surface area (TPSA) is 62.0 Å². The molecule has 3 heterocycles. The largest absolute Gasteiger partial charge is 0.477 e. The van der Waals surface area contributed by atoms with Crippen molar-refractivity contribution < 1.29 is 4.74 Å². The fourth-order valence-corrected chi connectivity index (χ4v) is 5.12. The summed E-state index contributed by atoms with van der Waals surface area (Å²) in [6, 6.07) is 2.33. The Hall–Kier alpha value is -1.71. The maximum Gasteiger partial charge on any atom is 0.225 e. The van der Waals surface area contributed by atoms with Gasteiger partial charge in [-0.25, -0.2) is 9.97 Å². The van der Waals surface area contributed by atoms with E-state index in [0.717, 1.165) is 48.6 Å². The van der Waals surface area contributed by atoms with Gasteiger partial charge in [0.05, 0.1) is 18.1 Å². The molecule has 2 aromatic heterocycles. The fourth-order valence-electron chi connectivity index (χ4n) is 3.89. The van der Waals surface area contributed by atoms with Gasteiger partial charge in [0.25, 0.3) is 0 Å². The first-order chi connectivity index (χ1) is 11.8. The number of fused-ring (bicyclic) bond motifs is 3. The molecular formula is C18H22N4OS. The smallest absolute Gasteiger partial charge is 0.225 e.